The van der Waals surface area contributed by atoms with E-state index in [0.717, 1.165) is 0 Å². The molecule has 13 aromatic rings. The average molecular weight is 923 g/mol. The van der Waals surface area contributed by atoms with Gasteiger partial charge in [-0.15, -0.1) is 0 Å². The van der Waals surface area contributed by atoms with Crippen molar-refractivity contribution in [3.63, 3.8) is 0 Å². The Bertz CT molecular complexity index is 4260. The monoisotopic (exact) mass is 922 g/mol. The fourth-order valence-corrected chi connectivity index (χ4v) is 12.8. The zero-order valence-electron chi connectivity index (χ0n) is 40.1. The van der Waals surface area contributed by atoms with Gasteiger partial charge in [0.15, 0.2) is 0 Å². The van der Waals surface area contributed by atoms with E-state index in [4.69, 9.17) is 0 Å². The van der Waals surface area contributed by atoms with Crippen LogP contribution in [0, 0.1) is 0 Å². The van der Waals surface area contributed by atoms with E-state index in [1.807, 2.05) is 0 Å². The van der Waals surface area contributed by atoms with Gasteiger partial charge in [-0.25, -0.2) is 0 Å². The van der Waals surface area contributed by atoms with E-state index < -0.39 is 5.41 Å². The minimum Gasteiger partial charge on any atom is -0.0622 e. The van der Waals surface area contributed by atoms with Gasteiger partial charge in [0.2, 0.25) is 0 Å². The molecular weight excluding hydrogens is 877 g/mol. The number of hydrogen-bond donors (Lipinski definition) is 0. The van der Waals surface area contributed by atoms with Gasteiger partial charge in [0.1, 0.15) is 0 Å². The van der Waals surface area contributed by atoms with Crippen molar-refractivity contribution < 1.29 is 0 Å². The third-order valence-corrected chi connectivity index (χ3v) is 16.1. The molecule has 2 aliphatic carbocycles. The molecule has 0 N–H and O–H groups in total. The second-order valence-electron chi connectivity index (χ2n) is 19.9. The van der Waals surface area contributed by atoms with Crippen LogP contribution in [0.3, 0.4) is 0 Å². The van der Waals surface area contributed by atoms with Crippen LogP contribution in [0.5, 0.6) is 0 Å². The SMILES string of the molecule is c1ccc(-c2ccc(-c3ccc4c(c3)C3(c5cc(-c6ccc(-c7cc(-c8ccccc8)cc(-c8ccccc8)c7)cc6)ccc5-4)c4ccccc4-c4c3c3c5ccccc5ccc3c3ccccc43)cc2)cc1. The Morgan fingerprint density at radius 1 is 0.205 bits per heavy atom. The topological polar surface area (TPSA) is 0 Å². The molecule has 1 atom stereocenters. The van der Waals surface area contributed by atoms with E-state index in [0.29, 0.717) is 0 Å². The van der Waals surface area contributed by atoms with Crippen molar-refractivity contribution in [3.05, 3.63) is 301 Å². The summed E-state index contributed by atoms with van der Waals surface area (Å²) >= 11 is 0. The maximum absolute atomic E-state index is 2.54. The van der Waals surface area contributed by atoms with Crippen LogP contribution < -0.4 is 0 Å². The number of rotatable bonds is 6. The lowest BCUT2D eigenvalue weighted by molar-refractivity contribution is 0.803. The van der Waals surface area contributed by atoms with Crippen molar-refractivity contribution in [2.45, 2.75) is 5.41 Å². The lowest BCUT2D eigenvalue weighted by Crippen LogP contribution is -2.26. The molecule has 0 aromatic heterocycles. The van der Waals surface area contributed by atoms with Crippen LogP contribution in [0.25, 0.3) is 121 Å². The van der Waals surface area contributed by atoms with Crippen LogP contribution >= 0.6 is 0 Å². The van der Waals surface area contributed by atoms with Crippen LogP contribution in [0.1, 0.15) is 22.3 Å². The first-order valence-electron chi connectivity index (χ1n) is 25.5. The number of benzene rings is 13. The third-order valence-electron chi connectivity index (χ3n) is 16.1. The molecule has 0 aliphatic heterocycles. The van der Waals surface area contributed by atoms with Crippen molar-refractivity contribution >= 4 is 32.3 Å². The average Bonchev–Trinajstić information content (AvgIpc) is 3.97. The number of fused-ring (bicyclic) bond motifs is 17. The molecule has 0 fully saturated rings. The molecule has 1 spiro atoms. The van der Waals surface area contributed by atoms with E-state index in [2.05, 4.69) is 279 Å². The van der Waals surface area contributed by atoms with Crippen LogP contribution in [0.4, 0.5) is 0 Å². The summed E-state index contributed by atoms with van der Waals surface area (Å²) in [5.74, 6) is 0. The molecule has 0 bridgehead atoms. The zero-order valence-corrected chi connectivity index (χ0v) is 40.1. The molecule has 2 aliphatic rings. The van der Waals surface area contributed by atoms with Crippen molar-refractivity contribution in [1.82, 2.24) is 0 Å². The smallest absolute Gasteiger partial charge is 0.0622 e. The van der Waals surface area contributed by atoms with Crippen LogP contribution in [0.15, 0.2) is 279 Å². The Kier molecular flexibility index (Phi) is 9.28. The van der Waals surface area contributed by atoms with Gasteiger partial charge in [0, 0.05) is 0 Å². The zero-order chi connectivity index (χ0) is 48.0. The van der Waals surface area contributed by atoms with E-state index in [9.17, 15) is 0 Å². The van der Waals surface area contributed by atoms with Crippen molar-refractivity contribution in [2.24, 2.45) is 0 Å². The quantitative estimate of drug-likeness (QED) is 0.146. The van der Waals surface area contributed by atoms with Gasteiger partial charge in [-0.2, -0.15) is 0 Å². The van der Waals surface area contributed by atoms with Gasteiger partial charge in [-0.1, -0.05) is 249 Å². The highest BCUT2D eigenvalue weighted by molar-refractivity contribution is 6.26. The van der Waals surface area contributed by atoms with Gasteiger partial charge in [0.25, 0.3) is 0 Å². The predicted molar refractivity (Wildman–Crippen MR) is 308 cm³/mol. The molecule has 0 nitrogen and oxygen atoms in total. The van der Waals surface area contributed by atoms with Gasteiger partial charge in [0.05, 0.1) is 5.41 Å². The Morgan fingerprint density at radius 3 is 1.15 bits per heavy atom. The Labute approximate surface area is 425 Å². The van der Waals surface area contributed by atoms with Gasteiger partial charge in [-0.05, 0) is 174 Å². The van der Waals surface area contributed by atoms with Crippen LogP contribution in [-0.2, 0) is 5.41 Å². The largest absolute Gasteiger partial charge is 0.0732 e. The molecule has 13 aromatic carbocycles. The van der Waals surface area contributed by atoms with Gasteiger partial charge >= 0.3 is 0 Å². The maximum atomic E-state index is 2.54. The summed E-state index contributed by atoms with van der Waals surface area (Å²) in [6.07, 6.45) is 0. The van der Waals surface area contributed by atoms with E-state index in [1.165, 1.54) is 144 Å². The van der Waals surface area contributed by atoms with Gasteiger partial charge in [-0.3, -0.25) is 0 Å². The predicted octanol–water partition coefficient (Wildman–Crippen LogP) is 19.5. The summed E-state index contributed by atoms with van der Waals surface area (Å²) < 4.78 is 0. The maximum Gasteiger partial charge on any atom is 0.0732 e. The lowest BCUT2D eigenvalue weighted by atomic mass is 9.68. The normalized spacial score (nSPS) is 14.1. The van der Waals surface area contributed by atoms with Crippen molar-refractivity contribution in [2.75, 3.05) is 0 Å². The molecule has 338 valence electrons. The lowest BCUT2D eigenvalue weighted by Gasteiger charge is -2.33. The fraction of sp³-hybridized carbons (Fsp3) is 0.0137. The van der Waals surface area contributed by atoms with Crippen molar-refractivity contribution in [3.8, 4) is 89.0 Å². The highest BCUT2D eigenvalue weighted by atomic mass is 14.5. The summed E-state index contributed by atoms with van der Waals surface area (Å²) in [5.41, 5.74) is 24.5. The second kappa shape index (κ2) is 16.4. The highest BCUT2D eigenvalue weighted by Gasteiger charge is 2.53. The van der Waals surface area contributed by atoms with Crippen LogP contribution in [-0.4, -0.2) is 0 Å². The molecule has 1 unspecified atom stereocenters. The first kappa shape index (κ1) is 41.4. The first-order chi connectivity index (χ1) is 36.2. The second-order valence-corrected chi connectivity index (χ2v) is 19.9. The Hall–Kier alpha value is -9.36. The molecule has 0 heterocycles. The molecule has 73 heavy (non-hydrogen) atoms. The Balaban J connectivity index is 0.959. The molecular formula is C73H46. The summed E-state index contributed by atoms with van der Waals surface area (Å²) in [6, 6.07) is 104. The number of hydrogen-bond acceptors (Lipinski definition) is 0. The van der Waals surface area contributed by atoms with E-state index >= 15 is 0 Å². The molecule has 0 amide bonds. The minimum atomic E-state index is -0.620. The van der Waals surface area contributed by atoms with Crippen molar-refractivity contribution in [1.29, 1.82) is 0 Å². The molecule has 0 saturated carbocycles. The third kappa shape index (κ3) is 6.34. The molecule has 0 saturated heterocycles. The minimum absolute atomic E-state index is 0.620. The fourth-order valence-electron chi connectivity index (χ4n) is 12.8. The standard InChI is InChI=1S/C73H46/c1-4-16-47(17-5-1)50-28-30-51(31-29-50)55-37-39-62-63-40-38-56(52-32-34-53(35-33-52)59-43-57(48-18-6-2-7-19-48)42-58(44-59)49-20-8-3-9-21-49)46-69(63)73(68(62)45-55)67-27-15-14-26-66(67)71-64-25-13-12-24-61(64)65-41-36-54-22-10-11-23-60(54)70(65)72(71)73/h1-46H. The molecule has 0 radical (unpaired) electrons. The van der Waals surface area contributed by atoms with E-state index in [-0.39, 0.29) is 0 Å². The summed E-state index contributed by atoms with van der Waals surface area (Å²) in [7, 11) is 0. The van der Waals surface area contributed by atoms with Gasteiger partial charge < -0.3 is 0 Å². The Morgan fingerprint density at radius 2 is 0.603 bits per heavy atom. The highest BCUT2D eigenvalue weighted by Crippen LogP contribution is 2.66. The van der Waals surface area contributed by atoms with Crippen LogP contribution in [0.2, 0.25) is 0 Å². The molecule has 15 rings (SSSR count). The first-order valence-corrected chi connectivity index (χ1v) is 25.5. The summed E-state index contributed by atoms with van der Waals surface area (Å²) in [5, 5.41) is 7.76. The summed E-state index contributed by atoms with van der Waals surface area (Å²) in [4.78, 5) is 0. The molecule has 0 heteroatoms. The summed E-state index contributed by atoms with van der Waals surface area (Å²) in [6.45, 7) is 0. The van der Waals surface area contributed by atoms with E-state index in [1.54, 1.807) is 0 Å².